The molecule has 430 valence electrons. The maximum absolute atomic E-state index is 12.8. The lowest BCUT2D eigenvalue weighted by atomic mass is 10.0. The van der Waals surface area contributed by atoms with Gasteiger partial charge in [0.15, 0.2) is 6.10 Å². The van der Waals surface area contributed by atoms with E-state index in [9.17, 15) is 14.4 Å². The van der Waals surface area contributed by atoms with Gasteiger partial charge in [0.1, 0.15) is 13.2 Å². The summed E-state index contributed by atoms with van der Waals surface area (Å²) in [5.41, 5.74) is 0. The summed E-state index contributed by atoms with van der Waals surface area (Å²) in [4.78, 5) is 38.0. The first-order valence-electron chi connectivity index (χ1n) is 31.7. The van der Waals surface area contributed by atoms with E-state index in [1.54, 1.807) is 0 Å². The van der Waals surface area contributed by atoms with Crippen LogP contribution in [0.25, 0.3) is 0 Å². The highest BCUT2D eigenvalue weighted by atomic mass is 16.6. The number of ether oxygens (including phenoxy) is 3. The molecular weight excluding hydrogens is 925 g/mol. The number of esters is 3. The van der Waals surface area contributed by atoms with Crippen LogP contribution in [0.4, 0.5) is 0 Å². The highest BCUT2D eigenvalue weighted by Crippen LogP contribution is 2.16. The van der Waals surface area contributed by atoms with Gasteiger partial charge in [-0.25, -0.2) is 0 Å². The zero-order valence-electron chi connectivity index (χ0n) is 49.3. The molecule has 1 atom stereocenters. The molecule has 0 aliphatic carbocycles. The van der Waals surface area contributed by atoms with Gasteiger partial charge < -0.3 is 14.2 Å². The zero-order valence-corrected chi connectivity index (χ0v) is 49.3. The van der Waals surface area contributed by atoms with Crippen molar-refractivity contribution in [3.8, 4) is 0 Å². The number of hydrogen-bond donors (Lipinski definition) is 0. The smallest absolute Gasteiger partial charge is 0.306 e. The van der Waals surface area contributed by atoms with Gasteiger partial charge in [-0.2, -0.15) is 0 Å². The van der Waals surface area contributed by atoms with Gasteiger partial charge in [0.25, 0.3) is 0 Å². The minimum atomic E-state index is -0.779. The third kappa shape index (κ3) is 61.1. The van der Waals surface area contributed by atoms with Crippen molar-refractivity contribution in [3.63, 3.8) is 0 Å². The molecule has 75 heavy (non-hydrogen) atoms. The Labute approximate surface area is 464 Å². The molecule has 6 nitrogen and oxygen atoms in total. The minimum absolute atomic E-state index is 0.0789. The molecule has 6 heteroatoms. The summed E-state index contributed by atoms with van der Waals surface area (Å²) < 4.78 is 16.8. The second-order valence-corrected chi connectivity index (χ2v) is 21.0. The number of hydrogen-bond acceptors (Lipinski definition) is 6. The molecular formula is C69H118O6. The number of carbonyl (C=O) groups excluding carboxylic acids is 3. The van der Waals surface area contributed by atoms with Gasteiger partial charge in [0.2, 0.25) is 0 Å². The Hall–Kier alpha value is -3.67. The van der Waals surface area contributed by atoms with Gasteiger partial charge in [-0.3, -0.25) is 14.4 Å². The van der Waals surface area contributed by atoms with E-state index in [1.165, 1.54) is 141 Å². The summed E-state index contributed by atoms with van der Waals surface area (Å²) >= 11 is 0. The van der Waals surface area contributed by atoms with E-state index in [4.69, 9.17) is 14.2 Å². The second-order valence-electron chi connectivity index (χ2n) is 21.0. The number of carbonyl (C=O) groups is 3. The largest absolute Gasteiger partial charge is 0.462 e. The molecule has 0 amide bonds. The van der Waals surface area contributed by atoms with Crippen molar-refractivity contribution in [2.45, 2.75) is 309 Å². The summed E-state index contributed by atoms with van der Waals surface area (Å²) in [6.45, 7) is 6.50. The summed E-state index contributed by atoms with van der Waals surface area (Å²) in [6.07, 6.45) is 84.4. The number of unbranched alkanes of at least 4 members (excludes halogenated alkanes) is 30. The predicted molar refractivity (Wildman–Crippen MR) is 325 cm³/mol. The molecule has 0 saturated carbocycles. The van der Waals surface area contributed by atoms with E-state index in [0.29, 0.717) is 19.3 Å². The maximum Gasteiger partial charge on any atom is 0.306 e. The Kier molecular flexibility index (Phi) is 59.8. The quantitative estimate of drug-likeness (QED) is 0.0261. The van der Waals surface area contributed by atoms with Crippen LogP contribution < -0.4 is 0 Å². The van der Waals surface area contributed by atoms with Crippen molar-refractivity contribution < 1.29 is 28.6 Å². The molecule has 0 fully saturated rings. The van der Waals surface area contributed by atoms with Crippen molar-refractivity contribution >= 4 is 17.9 Å². The Morgan fingerprint density at radius 1 is 0.280 bits per heavy atom. The van der Waals surface area contributed by atoms with Crippen molar-refractivity contribution in [1.29, 1.82) is 0 Å². The van der Waals surface area contributed by atoms with E-state index >= 15 is 0 Å². The molecule has 1 unspecified atom stereocenters. The first-order chi connectivity index (χ1) is 37.0. The third-order valence-electron chi connectivity index (χ3n) is 13.6. The third-order valence-corrected chi connectivity index (χ3v) is 13.6. The lowest BCUT2D eigenvalue weighted by Gasteiger charge is -2.18. The lowest BCUT2D eigenvalue weighted by molar-refractivity contribution is -0.167. The van der Waals surface area contributed by atoms with Gasteiger partial charge in [0.05, 0.1) is 0 Å². The van der Waals surface area contributed by atoms with E-state index in [-0.39, 0.29) is 31.1 Å². The van der Waals surface area contributed by atoms with Crippen molar-refractivity contribution in [2.75, 3.05) is 13.2 Å². The molecule has 0 rings (SSSR count). The molecule has 0 aliphatic rings. The zero-order chi connectivity index (χ0) is 54.3. The Balaban J connectivity index is 4.17. The highest BCUT2D eigenvalue weighted by molar-refractivity contribution is 5.71. The van der Waals surface area contributed by atoms with Crippen LogP contribution in [0.2, 0.25) is 0 Å². The molecule has 0 aromatic rings. The molecule has 0 bridgehead atoms. The van der Waals surface area contributed by atoms with E-state index < -0.39 is 6.10 Å². The summed E-state index contributed by atoms with van der Waals surface area (Å²) in [5.74, 6) is -0.890. The Morgan fingerprint density at radius 2 is 0.520 bits per heavy atom. The fraction of sp³-hybridized carbons (Fsp3) is 0.725. The fourth-order valence-corrected chi connectivity index (χ4v) is 8.87. The molecule has 0 spiro atoms. The summed E-state index contributed by atoms with van der Waals surface area (Å²) in [6, 6.07) is 0. The molecule has 0 aromatic carbocycles. The van der Waals surface area contributed by atoms with Crippen LogP contribution in [0.15, 0.2) is 97.2 Å². The molecule has 0 radical (unpaired) electrons. The summed E-state index contributed by atoms with van der Waals surface area (Å²) in [7, 11) is 0. The van der Waals surface area contributed by atoms with Crippen molar-refractivity contribution in [3.05, 3.63) is 97.2 Å². The monoisotopic (exact) mass is 1040 g/mol. The molecule has 0 N–H and O–H groups in total. The molecule has 0 aliphatic heterocycles. The van der Waals surface area contributed by atoms with Gasteiger partial charge in [-0.1, -0.05) is 298 Å². The van der Waals surface area contributed by atoms with Gasteiger partial charge in [-0.15, -0.1) is 0 Å². The summed E-state index contributed by atoms with van der Waals surface area (Å²) in [5, 5.41) is 0. The number of rotatable bonds is 57. The van der Waals surface area contributed by atoms with Crippen LogP contribution in [-0.2, 0) is 28.6 Å². The van der Waals surface area contributed by atoms with E-state index in [2.05, 4.69) is 118 Å². The lowest BCUT2D eigenvalue weighted by Crippen LogP contribution is -2.30. The minimum Gasteiger partial charge on any atom is -0.462 e. The molecule has 0 heterocycles. The second kappa shape index (κ2) is 62.9. The topological polar surface area (TPSA) is 78.9 Å². The van der Waals surface area contributed by atoms with Crippen LogP contribution in [0.3, 0.4) is 0 Å². The van der Waals surface area contributed by atoms with Crippen LogP contribution >= 0.6 is 0 Å². The van der Waals surface area contributed by atoms with Gasteiger partial charge in [0, 0.05) is 19.3 Å². The van der Waals surface area contributed by atoms with Crippen molar-refractivity contribution in [1.82, 2.24) is 0 Å². The van der Waals surface area contributed by atoms with Crippen LogP contribution in [0.1, 0.15) is 303 Å². The van der Waals surface area contributed by atoms with E-state index in [0.717, 1.165) is 122 Å². The highest BCUT2D eigenvalue weighted by Gasteiger charge is 2.19. The average molecular weight is 1040 g/mol. The fourth-order valence-electron chi connectivity index (χ4n) is 8.87. The first kappa shape index (κ1) is 71.3. The van der Waals surface area contributed by atoms with E-state index in [1.807, 2.05) is 0 Å². The van der Waals surface area contributed by atoms with Gasteiger partial charge in [-0.05, 0) is 83.5 Å². The van der Waals surface area contributed by atoms with Crippen LogP contribution in [-0.4, -0.2) is 37.2 Å². The van der Waals surface area contributed by atoms with Crippen molar-refractivity contribution in [2.24, 2.45) is 0 Å². The Morgan fingerprint density at radius 3 is 0.813 bits per heavy atom. The number of allylic oxidation sites excluding steroid dienone is 16. The molecule has 0 saturated heterocycles. The normalized spacial score (nSPS) is 12.7. The Bertz CT molecular complexity index is 1480. The van der Waals surface area contributed by atoms with Crippen LogP contribution in [0.5, 0.6) is 0 Å². The maximum atomic E-state index is 12.8. The first-order valence-corrected chi connectivity index (χ1v) is 31.7. The SMILES string of the molecule is CC/C=C\C/C=C\C/C=C\C/C=C\C/C=C\C/C=C\C/C=C\C/C=C\CCCCCCCCC(=O)OCC(COC(=O)CCCCCCCCC)OC(=O)CCCCCCCCCCCCCCCCCCCCC. The average Bonchev–Trinajstić information content (AvgIpc) is 3.41. The van der Waals surface area contributed by atoms with Crippen LogP contribution in [0, 0.1) is 0 Å². The molecule has 0 aromatic heterocycles. The van der Waals surface area contributed by atoms with Gasteiger partial charge >= 0.3 is 17.9 Å². The standard InChI is InChI=1S/C69H118O6/c1-4-7-10-13-16-18-20-22-24-26-28-29-30-31-32-33-34-35-36-37-38-39-41-42-44-46-48-50-53-56-59-62-68(71)74-65-66(64-73-67(70)61-58-55-52-15-12-9-6-3)75-69(72)63-60-57-54-51-49-47-45-43-40-27-25-23-21-19-17-14-11-8-5-2/h7,10,16,18,22,24,28-29,31-32,34-35,37-38,41-42,66H,4-6,8-9,11-15,17,19-21,23,25-27,30,33,36,39-40,43-65H2,1-3H3/b10-7-,18-16-,24-22-,29-28-,32-31-,35-34-,38-37-,42-41-. The predicted octanol–water partition coefficient (Wildman–Crippen LogP) is 21.7.